The number of benzene rings is 1. The van der Waals surface area contributed by atoms with Crippen LogP contribution < -0.4 is 0 Å². The average molecular weight is 314 g/mol. The first kappa shape index (κ1) is 18.3. The van der Waals surface area contributed by atoms with Gasteiger partial charge in [-0.25, -0.2) is 8.78 Å². The normalized spacial score (nSPS) is 12.0. The zero-order valence-corrected chi connectivity index (χ0v) is 15.6. The van der Waals surface area contributed by atoms with E-state index in [-0.39, 0.29) is 5.60 Å². The molecule has 0 atom stereocenters. The summed E-state index contributed by atoms with van der Waals surface area (Å²) in [5.41, 5.74) is 0.986. The quantitative estimate of drug-likeness (QED) is 0.462. The Balaban J connectivity index is 2.21. The first-order valence-electron chi connectivity index (χ1n) is 8.06. The Morgan fingerprint density at radius 1 is 1.00 bits per heavy atom. The molecule has 0 radical (unpaired) electrons. The van der Waals surface area contributed by atoms with E-state index in [2.05, 4.69) is 13.8 Å². The van der Waals surface area contributed by atoms with Gasteiger partial charge in [-0.05, 0) is 49.8 Å². The summed E-state index contributed by atoms with van der Waals surface area (Å²) in [6.45, 7) is 4.40. The predicted molar refractivity (Wildman–Crippen MR) is 87.5 cm³/mol. The molecule has 0 aliphatic heterocycles. The maximum atomic E-state index is 13.1. The minimum atomic E-state index is -0.766. The van der Waals surface area contributed by atoms with Crippen molar-refractivity contribution in [2.24, 2.45) is 0 Å². The Kier molecular flexibility index (Phi) is 8.12. The molecule has 1 aromatic carbocycles. The van der Waals surface area contributed by atoms with E-state index in [0.29, 0.717) is 0 Å². The van der Waals surface area contributed by atoms with Crippen molar-refractivity contribution >= 4 is 10.5 Å². The van der Waals surface area contributed by atoms with Gasteiger partial charge in [-0.1, -0.05) is 39.2 Å². The molecule has 0 aromatic heterocycles. The molecule has 0 aliphatic carbocycles. The van der Waals surface area contributed by atoms with Crippen LogP contribution in [0.3, 0.4) is 0 Å². The molecule has 4 heteroatoms. The van der Waals surface area contributed by atoms with E-state index < -0.39 is 11.6 Å². The van der Waals surface area contributed by atoms with Gasteiger partial charge in [0.2, 0.25) is 0 Å². The maximum Gasteiger partial charge on any atom is 0.159 e. The van der Waals surface area contributed by atoms with E-state index in [1.807, 2.05) is 0 Å². The Labute approximate surface area is 130 Å². The molecule has 1 rings (SSSR count). The molecule has 1 nitrogen and oxygen atoms in total. The van der Waals surface area contributed by atoms with Crippen LogP contribution in [0.4, 0.5) is 8.78 Å². The van der Waals surface area contributed by atoms with Gasteiger partial charge in [0.25, 0.3) is 0 Å². The molecule has 0 saturated heterocycles. The van der Waals surface area contributed by atoms with Crippen LogP contribution in [0.15, 0.2) is 18.2 Å². The molecular formula is C17H28F2OSi. The highest BCUT2D eigenvalue weighted by atomic mass is 28.2. The fourth-order valence-corrected chi connectivity index (χ4v) is 3.60. The number of unbranched alkanes of at least 4 members (excludes halogenated alkanes) is 3. The summed E-state index contributed by atoms with van der Waals surface area (Å²) < 4.78 is 31.7. The maximum absolute atomic E-state index is 13.1. The molecule has 0 amide bonds. The summed E-state index contributed by atoms with van der Waals surface area (Å²) in [6.07, 6.45) is 8.64. The summed E-state index contributed by atoms with van der Waals surface area (Å²) in [5, 5.41) is 0. The molecule has 0 bridgehead atoms. The Bertz CT molecular complexity index is 411. The summed E-state index contributed by atoms with van der Waals surface area (Å²) in [4.78, 5) is 0. The van der Waals surface area contributed by atoms with Gasteiger partial charge >= 0.3 is 0 Å². The van der Waals surface area contributed by atoms with Crippen molar-refractivity contribution in [2.45, 2.75) is 70.8 Å². The second-order valence-electron chi connectivity index (χ2n) is 5.76. The summed E-state index contributed by atoms with van der Waals surface area (Å²) in [7, 11) is 0.800. The predicted octanol–water partition coefficient (Wildman–Crippen LogP) is 4.31. The fraction of sp³-hybridized carbons (Fsp3) is 0.647. The highest BCUT2D eigenvalue weighted by molar-refractivity contribution is 5.98. The van der Waals surface area contributed by atoms with Crippen molar-refractivity contribution < 1.29 is 13.2 Å². The Morgan fingerprint density at radius 3 is 2.24 bits per heavy atom. The van der Waals surface area contributed by atoms with Gasteiger partial charge in [-0.2, -0.15) is 0 Å². The lowest BCUT2D eigenvalue weighted by molar-refractivity contribution is 0.0583. The Hall–Kier alpha value is -0.743. The van der Waals surface area contributed by atoms with Crippen LogP contribution in [0, 0.1) is 11.6 Å². The third kappa shape index (κ3) is 5.87. The standard InChI is InChI=1S/C17H28F2OSi/c1-3-17(4-2,20-21)12-8-6-5-7-9-14-10-11-15(18)16(19)13-14/h10-11,13H,3-9,12H2,1-2,21H3. The van der Waals surface area contributed by atoms with Crippen molar-refractivity contribution in [2.75, 3.05) is 0 Å². The lowest BCUT2D eigenvalue weighted by Gasteiger charge is -2.31. The number of halogens is 2. The topological polar surface area (TPSA) is 9.23 Å². The van der Waals surface area contributed by atoms with E-state index in [1.54, 1.807) is 6.07 Å². The van der Waals surface area contributed by atoms with Crippen molar-refractivity contribution in [3.63, 3.8) is 0 Å². The van der Waals surface area contributed by atoms with Gasteiger partial charge in [-0.3, -0.25) is 0 Å². The summed E-state index contributed by atoms with van der Waals surface area (Å²) in [5.74, 6) is -1.51. The molecule has 0 heterocycles. The number of aryl methyl sites for hydroxylation is 1. The molecule has 1 aromatic rings. The van der Waals surface area contributed by atoms with Gasteiger partial charge in [0.05, 0.1) is 5.60 Å². The molecule has 0 spiro atoms. The highest BCUT2D eigenvalue weighted by Gasteiger charge is 2.23. The van der Waals surface area contributed by atoms with E-state index in [0.717, 1.165) is 54.6 Å². The van der Waals surface area contributed by atoms with Gasteiger partial charge in [-0.15, -0.1) is 0 Å². The van der Waals surface area contributed by atoms with Crippen molar-refractivity contribution in [1.29, 1.82) is 0 Å². The molecule has 0 N–H and O–H groups in total. The van der Waals surface area contributed by atoms with Crippen LogP contribution in [-0.4, -0.2) is 16.1 Å². The molecule has 21 heavy (non-hydrogen) atoms. The Morgan fingerprint density at radius 2 is 1.67 bits per heavy atom. The minimum absolute atomic E-state index is 0.103. The van der Waals surface area contributed by atoms with Crippen LogP contribution in [0.25, 0.3) is 0 Å². The minimum Gasteiger partial charge on any atom is -0.422 e. The molecule has 120 valence electrons. The van der Waals surface area contributed by atoms with Gasteiger partial charge < -0.3 is 4.43 Å². The zero-order valence-electron chi connectivity index (χ0n) is 13.6. The zero-order chi connectivity index (χ0) is 15.7. The van der Waals surface area contributed by atoms with Crippen LogP contribution >= 0.6 is 0 Å². The van der Waals surface area contributed by atoms with Crippen LogP contribution in [0.5, 0.6) is 0 Å². The number of hydrogen-bond acceptors (Lipinski definition) is 1. The third-order valence-corrected chi connectivity index (χ3v) is 5.42. The molecule has 0 aliphatic rings. The largest absolute Gasteiger partial charge is 0.422 e. The van der Waals surface area contributed by atoms with E-state index in [4.69, 9.17) is 4.43 Å². The molecule has 0 fully saturated rings. The smallest absolute Gasteiger partial charge is 0.159 e. The number of rotatable bonds is 10. The fourth-order valence-electron chi connectivity index (χ4n) is 2.82. The van der Waals surface area contributed by atoms with E-state index >= 15 is 0 Å². The highest BCUT2D eigenvalue weighted by Crippen LogP contribution is 2.26. The van der Waals surface area contributed by atoms with Gasteiger partial charge in [0.1, 0.15) is 10.5 Å². The second-order valence-corrected chi connectivity index (χ2v) is 6.17. The molecule has 0 unspecified atom stereocenters. The van der Waals surface area contributed by atoms with E-state index in [9.17, 15) is 8.78 Å². The number of hydrogen-bond donors (Lipinski definition) is 0. The van der Waals surface area contributed by atoms with Crippen molar-refractivity contribution in [3.05, 3.63) is 35.4 Å². The van der Waals surface area contributed by atoms with Crippen LogP contribution in [0.1, 0.15) is 64.4 Å². The average Bonchev–Trinajstić information content (AvgIpc) is 2.51. The monoisotopic (exact) mass is 314 g/mol. The molecular weight excluding hydrogens is 286 g/mol. The van der Waals surface area contributed by atoms with E-state index in [1.165, 1.54) is 25.0 Å². The van der Waals surface area contributed by atoms with Crippen LogP contribution in [0.2, 0.25) is 0 Å². The summed E-state index contributed by atoms with van der Waals surface area (Å²) >= 11 is 0. The summed E-state index contributed by atoms with van der Waals surface area (Å²) in [6, 6.07) is 4.20. The SMILES string of the molecule is CCC(CC)(CCCCCCc1ccc(F)c(F)c1)O[SiH3]. The van der Waals surface area contributed by atoms with Crippen molar-refractivity contribution in [1.82, 2.24) is 0 Å². The van der Waals surface area contributed by atoms with Crippen molar-refractivity contribution in [3.8, 4) is 0 Å². The first-order chi connectivity index (χ1) is 10.1. The van der Waals surface area contributed by atoms with Gasteiger partial charge in [0, 0.05) is 0 Å². The molecule has 0 saturated carbocycles. The third-order valence-electron chi connectivity index (χ3n) is 4.55. The lowest BCUT2D eigenvalue weighted by Crippen LogP contribution is -2.30. The first-order valence-corrected chi connectivity index (χ1v) is 8.87. The van der Waals surface area contributed by atoms with Crippen LogP contribution in [-0.2, 0) is 10.8 Å². The van der Waals surface area contributed by atoms with Gasteiger partial charge in [0.15, 0.2) is 11.6 Å². The second kappa shape index (κ2) is 9.31. The lowest BCUT2D eigenvalue weighted by atomic mass is 9.90.